The normalized spacial score (nSPS) is 11.1. The maximum Gasteiger partial charge on any atom is 0.287 e. The highest BCUT2D eigenvalue weighted by atomic mass is 16.3. The molecule has 0 bridgehead atoms. The van der Waals surface area contributed by atoms with Crippen molar-refractivity contribution in [1.82, 2.24) is 24.9 Å². The van der Waals surface area contributed by atoms with Crippen LogP contribution in [0, 0.1) is 0 Å². The average molecular weight is 369 g/mol. The van der Waals surface area contributed by atoms with Crippen LogP contribution in [-0.2, 0) is 6.54 Å². The third-order valence-corrected chi connectivity index (χ3v) is 4.04. The molecule has 0 saturated heterocycles. The van der Waals surface area contributed by atoms with E-state index in [9.17, 15) is 9.59 Å². The zero-order valence-electron chi connectivity index (χ0n) is 15.4. The van der Waals surface area contributed by atoms with Crippen LogP contribution in [0.1, 0.15) is 33.3 Å². The van der Waals surface area contributed by atoms with Gasteiger partial charge in [0.1, 0.15) is 5.76 Å². The molecule has 0 aliphatic rings. The topological polar surface area (TPSA) is 91.9 Å². The zero-order chi connectivity index (χ0) is 19.2. The summed E-state index contributed by atoms with van der Waals surface area (Å²) in [5.74, 6) is 0.172. The quantitative estimate of drug-likeness (QED) is 0.588. The van der Waals surface area contributed by atoms with Gasteiger partial charge in [0.15, 0.2) is 5.69 Å². The Bertz CT molecular complexity index is 915. The standard InChI is InChI=1S/C19H23N5O3/c1-23(2)10-6-9-20-19(26)17-22-16(15-8-3-4-11-24(15)17)18(25)21-13-14-7-5-12-27-14/h3-5,7-8,11-12H,6,9-10,13H2,1-2H3,(H,20,26)(H,21,25). The van der Waals surface area contributed by atoms with Crippen molar-refractivity contribution in [3.05, 3.63) is 60.1 Å². The van der Waals surface area contributed by atoms with Crippen LogP contribution >= 0.6 is 0 Å². The molecular weight excluding hydrogens is 346 g/mol. The first kappa shape index (κ1) is 18.7. The van der Waals surface area contributed by atoms with E-state index in [0.29, 0.717) is 17.8 Å². The van der Waals surface area contributed by atoms with Crippen LogP contribution in [0.25, 0.3) is 5.52 Å². The monoisotopic (exact) mass is 369 g/mol. The molecule has 3 heterocycles. The van der Waals surface area contributed by atoms with E-state index < -0.39 is 0 Å². The number of hydrogen-bond acceptors (Lipinski definition) is 5. The van der Waals surface area contributed by atoms with E-state index in [1.54, 1.807) is 47.2 Å². The lowest BCUT2D eigenvalue weighted by Crippen LogP contribution is -2.28. The van der Waals surface area contributed by atoms with E-state index in [4.69, 9.17) is 4.42 Å². The highest BCUT2D eigenvalue weighted by Crippen LogP contribution is 2.13. The van der Waals surface area contributed by atoms with Crippen molar-refractivity contribution < 1.29 is 14.0 Å². The van der Waals surface area contributed by atoms with Gasteiger partial charge in [-0.3, -0.25) is 14.0 Å². The van der Waals surface area contributed by atoms with Crippen LogP contribution < -0.4 is 10.6 Å². The number of aromatic nitrogens is 2. The molecule has 3 aromatic rings. The third-order valence-electron chi connectivity index (χ3n) is 4.04. The Balaban J connectivity index is 1.74. The van der Waals surface area contributed by atoms with Gasteiger partial charge in [-0.05, 0) is 51.3 Å². The van der Waals surface area contributed by atoms with Gasteiger partial charge < -0.3 is 20.0 Å². The second-order valence-corrected chi connectivity index (χ2v) is 6.41. The van der Waals surface area contributed by atoms with E-state index in [2.05, 4.69) is 20.5 Å². The summed E-state index contributed by atoms with van der Waals surface area (Å²) in [6.07, 6.45) is 4.10. The fraction of sp³-hybridized carbons (Fsp3) is 0.316. The number of carbonyl (C=O) groups is 2. The number of imidazole rings is 1. The van der Waals surface area contributed by atoms with Crippen LogP contribution in [0.15, 0.2) is 47.2 Å². The molecule has 3 aromatic heterocycles. The number of rotatable bonds is 8. The van der Waals surface area contributed by atoms with E-state index in [1.807, 2.05) is 14.1 Å². The molecule has 0 aromatic carbocycles. The Morgan fingerprint density at radius 3 is 2.74 bits per heavy atom. The first-order valence-corrected chi connectivity index (χ1v) is 8.77. The number of nitrogens with one attached hydrogen (secondary N) is 2. The Hall–Kier alpha value is -3.13. The number of pyridine rings is 1. The largest absolute Gasteiger partial charge is 0.467 e. The van der Waals surface area contributed by atoms with Gasteiger partial charge >= 0.3 is 0 Å². The SMILES string of the molecule is CN(C)CCCNC(=O)c1nc(C(=O)NCc2ccco2)c2ccccn12. The minimum absolute atomic E-state index is 0.193. The second kappa shape index (κ2) is 8.50. The fourth-order valence-corrected chi connectivity index (χ4v) is 2.71. The third kappa shape index (κ3) is 4.53. The molecule has 3 rings (SSSR count). The number of furan rings is 1. The predicted molar refractivity (Wildman–Crippen MR) is 101 cm³/mol. The average Bonchev–Trinajstić information content (AvgIpc) is 3.30. The van der Waals surface area contributed by atoms with Gasteiger partial charge in [0.05, 0.1) is 18.3 Å². The lowest BCUT2D eigenvalue weighted by atomic mass is 10.3. The number of fused-ring (bicyclic) bond motifs is 1. The van der Waals surface area contributed by atoms with Crippen LogP contribution in [0.5, 0.6) is 0 Å². The lowest BCUT2D eigenvalue weighted by Gasteiger charge is -2.09. The Labute approximate surface area is 157 Å². The highest BCUT2D eigenvalue weighted by Gasteiger charge is 2.21. The molecule has 0 fully saturated rings. The Kier molecular flexibility index (Phi) is 5.87. The van der Waals surface area contributed by atoms with E-state index in [1.165, 1.54) is 0 Å². The van der Waals surface area contributed by atoms with Gasteiger partial charge in [0.2, 0.25) is 5.82 Å². The number of hydrogen-bond donors (Lipinski definition) is 2. The molecule has 0 aliphatic heterocycles. The molecule has 8 heteroatoms. The van der Waals surface area contributed by atoms with E-state index >= 15 is 0 Å². The minimum atomic E-state index is -0.359. The van der Waals surface area contributed by atoms with Gasteiger partial charge in [-0.2, -0.15) is 0 Å². The molecule has 142 valence electrons. The first-order valence-electron chi connectivity index (χ1n) is 8.77. The highest BCUT2D eigenvalue weighted by molar-refractivity contribution is 6.02. The van der Waals surface area contributed by atoms with Crippen molar-refractivity contribution in [2.45, 2.75) is 13.0 Å². The van der Waals surface area contributed by atoms with Gasteiger partial charge in [0.25, 0.3) is 11.8 Å². The molecule has 0 saturated carbocycles. The summed E-state index contributed by atoms with van der Waals surface area (Å²) in [5.41, 5.74) is 0.786. The summed E-state index contributed by atoms with van der Waals surface area (Å²) in [4.78, 5) is 31.4. The van der Waals surface area contributed by atoms with Gasteiger partial charge in [-0.15, -0.1) is 0 Å². The molecule has 0 radical (unpaired) electrons. The molecule has 8 nitrogen and oxygen atoms in total. The maximum atomic E-state index is 12.6. The zero-order valence-corrected chi connectivity index (χ0v) is 15.4. The summed E-state index contributed by atoms with van der Waals surface area (Å²) in [6, 6.07) is 8.89. The van der Waals surface area contributed by atoms with Crippen molar-refractivity contribution in [3.63, 3.8) is 0 Å². The Morgan fingerprint density at radius 1 is 1.15 bits per heavy atom. The van der Waals surface area contributed by atoms with Crippen LogP contribution in [0.4, 0.5) is 0 Å². The first-order chi connectivity index (χ1) is 13.1. The lowest BCUT2D eigenvalue weighted by molar-refractivity contribution is 0.0941. The summed E-state index contributed by atoms with van der Waals surface area (Å²) < 4.78 is 6.84. The summed E-state index contributed by atoms with van der Waals surface area (Å²) in [7, 11) is 3.97. The number of amides is 2. The molecule has 2 N–H and O–H groups in total. The maximum absolute atomic E-state index is 12.6. The summed E-state index contributed by atoms with van der Waals surface area (Å²) in [6.45, 7) is 1.67. The van der Waals surface area contributed by atoms with Crippen LogP contribution in [0.3, 0.4) is 0 Å². The van der Waals surface area contributed by atoms with Crippen molar-refractivity contribution in [2.24, 2.45) is 0 Å². The van der Waals surface area contributed by atoms with Gasteiger partial charge in [0, 0.05) is 12.7 Å². The fourth-order valence-electron chi connectivity index (χ4n) is 2.71. The molecule has 0 aliphatic carbocycles. The van der Waals surface area contributed by atoms with Gasteiger partial charge in [-0.1, -0.05) is 6.07 Å². The molecular formula is C19H23N5O3. The molecule has 0 atom stereocenters. The second-order valence-electron chi connectivity index (χ2n) is 6.41. The molecule has 27 heavy (non-hydrogen) atoms. The Morgan fingerprint density at radius 2 is 2.00 bits per heavy atom. The molecule has 0 unspecified atom stereocenters. The summed E-state index contributed by atoms with van der Waals surface area (Å²) in [5, 5.41) is 5.62. The van der Waals surface area contributed by atoms with Crippen molar-refractivity contribution in [1.29, 1.82) is 0 Å². The predicted octanol–water partition coefficient (Wildman–Crippen LogP) is 1.54. The van der Waals surface area contributed by atoms with Crippen molar-refractivity contribution >= 4 is 17.3 Å². The van der Waals surface area contributed by atoms with Crippen molar-refractivity contribution in [2.75, 3.05) is 27.2 Å². The van der Waals surface area contributed by atoms with Gasteiger partial charge in [-0.25, -0.2) is 4.98 Å². The summed E-state index contributed by atoms with van der Waals surface area (Å²) >= 11 is 0. The number of carbonyl (C=O) groups excluding carboxylic acids is 2. The van der Waals surface area contributed by atoms with Crippen LogP contribution in [-0.4, -0.2) is 53.3 Å². The van der Waals surface area contributed by atoms with E-state index in [-0.39, 0.29) is 29.9 Å². The molecule has 0 spiro atoms. The number of nitrogens with zero attached hydrogens (tertiary/aromatic N) is 3. The van der Waals surface area contributed by atoms with E-state index in [0.717, 1.165) is 13.0 Å². The minimum Gasteiger partial charge on any atom is -0.467 e. The van der Waals surface area contributed by atoms with Crippen LogP contribution in [0.2, 0.25) is 0 Å². The molecule has 2 amide bonds. The smallest absolute Gasteiger partial charge is 0.287 e. The van der Waals surface area contributed by atoms with Crippen molar-refractivity contribution in [3.8, 4) is 0 Å².